The Morgan fingerprint density at radius 1 is 1.37 bits per heavy atom. The average Bonchev–Trinajstić information content (AvgIpc) is 2.87. The Balaban J connectivity index is 1.89. The second kappa shape index (κ2) is 5.15. The van der Waals surface area contributed by atoms with Crippen molar-refractivity contribution in [1.82, 2.24) is 19.6 Å². The molecule has 1 aliphatic rings. The highest BCUT2D eigenvalue weighted by Gasteiger charge is 2.24. The van der Waals surface area contributed by atoms with Gasteiger partial charge in [-0.1, -0.05) is 26.2 Å². The second-order valence-electron chi connectivity index (χ2n) is 5.46. The van der Waals surface area contributed by atoms with Gasteiger partial charge in [0.1, 0.15) is 12.1 Å². The van der Waals surface area contributed by atoms with Crippen molar-refractivity contribution < 1.29 is 0 Å². The van der Waals surface area contributed by atoms with Crippen LogP contribution in [0.5, 0.6) is 0 Å². The number of hydrogen-bond donors (Lipinski definition) is 1. The van der Waals surface area contributed by atoms with Crippen LogP contribution in [-0.4, -0.2) is 25.6 Å². The van der Waals surface area contributed by atoms with Crippen molar-refractivity contribution in [3.05, 3.63) is 18.1 Å². The summed E-state index contributed by atoms with van der Waals surface area (Å²) >= 11 is 0. The Morgan fingerprint density at radius 2 is 2.21 bits per heavy atom. The first kappa shape index (κ1) is 12.4. The van der Waals surface area contributed by atoms with Gasteiger partial charge in [0.15, 0.2) is 0 Å². The summed E-state index contributed by atoms with van der Waals surface area (Å²) in [6, 6.07) is 2.61. The zero-order chi connectivity index (χ0) is 13.2. The van der Waals surface area contributed by atoms with E-state index in [1.165, 1.54) is 32.1 Å². The van der Waals surface area contributed by atoms with Gasteiger partial charge in [-0.3, -0.25) is 0 Å². The van der Waals surface area contributed by atoms with E-state index in [0.717, 1.165) is 17.4 Å². The number of nitrogens with zero attached hydrogens (tertiary/aromatic N) is 4. The van der Waals surface area contributed by atoms with Crippen molar-refractivity contribution >= 4 is 11.6 Å². The van der Waals surface area contributed by atoms with Crippen molar-refractivity contribution in [3.8, 4) is 0 Å². The summed E-state index contributed by atoms with van der Waals surface area (Å²) < 4.78 is 1.80. The summed E-state index contributed by atoms with van der Waals surface area (Å²) in [5, 5.41) is 7.93. The molecule has 0 aliphatic heterocycles. The molecule has 2 heterocycles. The van der Waals surface area contributed by atoms with Gasteiger partial charge in [0.2, 0.25) is 0 Å². The molecule has 2 aromatic heterocycles. The third-order valence-corrected chi connectivity index (χ3v) is 4.15. The summed E-state index contributed by atoms with van der Waals surface area (Å²) in [5.41, 5.74) is 0.979. The van der Waals surface area contributed by atoms with Gasteiger partial charge in [-0.25, -0.2) is 4.98 Å². The highest BCUT2D eigenvalue weighted by molar-refractivity contribution is 5.45. The number of hydrogen-bond acceptors (Lipinski definition) is 4. The van der Waals surface area contributed by atoms with Crippen molar-refractivity contribution in [2.24, 2.45) is 5.92 Å². The summed E-state index contributed by atoms with van der Waals surface area (Å²) in [7, 11) is 0. The molecule has 19 heavy (non-hydrogen) atoms. The second-order valence-corrected chi connectivity index (χ2v) is 5.46. The molecule has 0 radical (unpaired) electrons. The Hall–Kier alpha value is -1.65. The van der Waals surface area contributed by atoms with Crippen LogP contribution in [0.2, 0.25) is 0 Å². The minimum absolute atomic E-state index is 0.549. The van der Waals surface area contributed by atoms with Gasteiger partial charge in [0, 0.05) is 17.8 Å². The molecule has 0 saturated heterocycles. The zero-order valence-electron chi connectivity index (χ0n) is 11.6. The van der Waals surface area contributed by atoms with E-state index in [2.05, 4.69) is 33.4 Å². The highest BCUT2D eigenvalue weighted by Crippen LogP contribution is 2.29. The van der Waals surface area contributed by atoms with Crippen LogP contribution in [0.15, 0.2) is 12.4 Å². The lowest BCUT2D eigenvalue weighted by atomic mass is 9.83. The standard InChI is InChI=1S/C14H21N5/c1-3-11-6-4-5-7-12(11)18-13-8-10(2)17-14-15-9-16-19(13)14/h8-9,11-12,18H,3-7H2,1-2H3. The van der Waals surface area contributed by atoms with Crippen LogP contribution in [0.25, 0.3) is 5.78 Å². The van der Waals surface area contributed by atoms with Crippen molar-refractivity contribution in [2.75, 3.05) is 5.32 Å². The number of nitrogens with one attached hydrogen (secondary N) is 1. The van der Waals surface area contributed by atoms with E-state index < -0.39 is 0 Å². The van der Waals surface area contributed by atoms with E-state index in [4.69, 9.17) is 0 Å². The van der Waals surface area contributed by atoms with Crippen LogP contribution in [-0.2, 0) is 0 Å². The maximum atomic E-state index is 4.38. The van der Waals surface area contributed by atoms with E-state index in [9.17, 15) is 0 Å². The fourth-order valence-electron chi connectivity index (χ4n) is 3.11. The Kier molecular flexibility index (Phi) is 3.36. The lowest BCUT2D eigenvalue weighted by Gasteiger charge is -2.32. The molecule has 2 aromatic rings. The first-order valence-electron chi connectivity index (χ1n) is 7.22. The molecule has 5 heteroatoms. The molecule has 1 saturated carbocycles. The van der Waals surface area contributed by atoms with Gasteiger partial charge in [-0.15, -0.1) is 0 Å². The van der Waals surface area contributed by atoms with Crippen LogP contribution in [0.4, 0.5) is 5.82 Å². The topological polar surface area (TPSA) is 55.1 Å². The van der Waals surface area contributed by atoms with E-state index in [1.807, 2.05) is 6.92 Å². The summed E-state index contributed by atoms with van der Waals surface area (Å²) in [6.07, 6.45) is 8.06. The van der Waals surface area contributed by atoms with E-state index in [-0.39, 0.29) is 0 Å². The lowest BCUT2D eigenvalue weighted by Crippen LogP contribution is -2.32. The molecule has 2 unspecified atom stereocenters. The predicted octanol–water partition coefficient (Wildman–Crippen LogP) is 2.81. The average molecular weight is 259 g/mol. The molecule has 1 aliphatic carbocycles. The van der Waals surface area contributed by atoms with Gasteiger partial charge < -0.3 is 5.32 Å². The third kappa shape index (κ3) is 2.41. The van der Waals surface area contributed by atoms with Gasteiger partial charge in [-0.2, -0.15) is 14.6 Å². The smallest absolute Gasteiger partial charge is 0.254 e. The molecule has 5 nitrogen and oxygen atoms in total. The number of anilines is 1. The molecule has 0 aromatic carbocycles. The normalized spacial score (nSPS) is 23.7. The van der Waals surface area contributed by atoms with E-state index in [1.54, 1.807) is 10.8 Å². The van der Waals surface area contributed by atoms with Crippen molar-refractivity contribution in [3.63, 3.8) is 0 Å². The molecule has 2 atom stereocenters. The first-order valence-corrected chi connectivity index (χ1v) is 7.22. The van der Waals surface area contributed by atoms with Crippen LogP contribution in [0.3, 0.4) is 0 Å². The minimum Gasteiger partial charge on any atom is -0.367 e. The molecule has 0 spiro atoms. The van der Waals surface area contributed by atoms with Gasteiger partial charge in [0.25, 0.3) is 5.78 Å². The predicted molar refractivity (Wildman–Crippen MR) is 75.2 cm³/mol. The Bertz CT molecular complexity index is 562. The van der Waals surface area contributed by atoms with Gasteiger partial charge in [-0.05, 0) is 25.7 Å². The van der Waals surface area contributed by atoms with E-state index >= 15 is 0 Å². The van der Waals surface area contributed by atoms with Crippen LogP contribution < -0.4 is 5.32 Å². The molecular weight excluding hydrogens is 238 g/mol. The maximum Gasteiger partial charge on any atom is 0.254 e. The summed E-state index contributed by atoms with van der Waals surface area (Å²) in [5.74, 6) is 2.46. The number of aromatic nitrogens is 4. The van der Waals surface area contributed by atoms with Crippen LogP contribution >= 0.6 is 0 Å². The molecule has 1 N–H and O–H groups in total. The third-order valence-electron chi connectivity index (χ3n) is 4.15. The lowest BCUT2D eigenvalue weighted by molar-refractivity contribution is 0.316. The monoisotopic (exact) mass is 259 g/mol. The first-order chi connectivity index (χ1) is 9.28. The maximum absolute atomic E-state index is 4.38. The summed E-state index contributed by atoms with van der Waals surface area (Å²) in [6.45, 7) is 4.28. The largest absolute Gasteiger partial charge is 0.367 e. The number of fused-ring (bicyclic) bond motifs is 1. The SMILES string of the molecule is CCC1CCCCC1Nc1cc(C)nc2ncnn12. The number of rotatable bonds is 3. The quantitative estimate of drug-likeness (QED) is 0.921. The van der Waals surface area contributed by atoms with Crippen molar-refractivity contribution in [2.45, 2.75) is 52.0 Å². The molecular formula is C14H21N5. The number of aryl methyl sites for hydroxylation is 1. The van der Waals surface area contributed by atoms with Crippen LogP contribution in [0.1, 0.15) is 44.7 Å². The zero-order valence-corrected chi connectivity index (χ0v) is 11.6. The Morgan fingerprint density at radius 3 is 3.05 bits per heavy atom. The molecule has 3 rings (SSSR count). The molecule has 0 bridgehead atoms. The van der Waals surface area contributed by atoms with Crippen LogP contribution in [0, 0.1) is 12.8 Å². The van der Waals surface area contributed by atoms with Gasteiger partial charge in [0.05, 0.1) is 0 Å². The van der Waals surface area contributed by atoms with Crippen molar-refractivity contribution in [1.29, 1.82) is 0 Å². The Labute approximate surface area is 113 Å². The fraction of sp³-hybridized carbons (Fsp3) is 0.643. The fourth-order valence-corrected chi connectivity index (χ4v) is 3.11. The molecule has 0 amide bonds. The minimum atomic E-state index is 0.549. The van der Waals surface area contributed by atoms with Gasteiger partial charge >= 0.3 is 0 Å². The van der Waals surface area contributed by atoms with E-state index in [0.29, 0.717) is 11.8 Å². The molecule has 102 valence electrons. The molecule has 1 fully saturated rings. The highest BCUT2D eigenvalue weighted by atomic mass is 15.4. The summed E-state index contributed by atoms with van der Waals surface area (Å²) in [4.78, 5) is 8.55.